The molecule has 142 valence electrons. The summed E-state index contributed by atoms with van der Waals surface area (Å²) in [6.45, 7) is 3.65. The third-order valence-electron chi connectivity index (χ3n) is 4.24. The summed E-state index contributed by atoms with van der Waals surface area (Å²) < 4.78 is 40.2. The monoisotopic (exact) mass is 384 g/mol. The molecular formula is C17H21FN2O5S. The number of carbonyl (C=O) groups is 3. The topological polar surface area (TPSA) is 109 Å². The summed E-state index contributed by atoms with van der Waals surface area (Å²) in [4.78, 5) is 35.7. The summed E-state index contributed by atoms with van der Waals surface area (Å²) in [5.41, 5.74) is 0. The van der Waals surface area contributed by atoms with Crippen LogP contribution in [0, 0.1) is 17.7 Å². The van der Waals surface area contributed by atoms with Crippen molar-refractivity contribution in [2.45, 2.75) is 37.6 Å². The van der Waals surface area contributed by atoms with Crippen LogP contribution in [0.15, 0.2) is 29.2 Å². The van der Waals surface area contributed by atoms with Gasteiger partial charge in [-0.2, -0.15) is 0 Å². The largest absolute Gasteiger partial charge is 0.349 e. The zero-order chi connectivity index (χ0) is 19.5. The lowest BCUT2D eigenvalue weighted by Crippen LogP contribution is -2.48. The number of sulfonamides is 1. The van der Waals surface area contributed by atoms with Gasteiger partial charge in [-0.1, -0.05) is 13.8 Å². The Kier molecular flexibility index (Phi) is 6.25. The standard InChI is InChI=1S/C17H21FN2O5S/c1-10(2)15(14(21)9-11-7-8-19-17(23)16(11)22)20-26(24,25)13-5-3-12(18)4-6-13/h3-6,10-11,15,20H,7-9H2,1-2H3,(H,19,23). The number of hydrogen-bond donors (Lipinski definition) is 2. The Labute approximate surface area is 151 Å². The lowest BCUT2D eigenvalue weighted by atomic mass is 9.87. The van der Waals surface area contributed by atoms with Crippen LogP contribution in [0.3, 0.4) is 0 Å². The molecule has 1 fully saturated rings. The van der Waals surface area contributed by atoms with Gasteiger partial charge in [-0.15, -0.1) is 0 Å². The highest BCUT2D eigenvalue weighted by Crippen LogP contribution is 2.19. The van der Waals surface area contributed by atoms with E-state index in [1.165, 1.54) is 0 Å². The van der Waals surface area contributed by atoms with E-state index >= 15 is 0 Å². The third-order valence-corrected chi connectivity index (χ3v) is 5.70. The van der Waals surface area contributed by atoms with Crippen LogP contribution >= 0.6 is 0 Å². The maximum absolute atomic E-state index is 13.0. The van der Waals surface area contributed by atoms with Gasteiger partial charge in [0.15, 0.2) is 5.78 Å². The smallest absolute Gasteiger partial charge is 0.287 e. The van der Waals surface area contributed by atoms with E-state index < -0.39 is 45.3 Å². The molecule has 0 saturated carbocycles. The third kappa shape index (κ3) is 4.73. The van der Waals surface area contributed by atoms with Gasteiger partial charge < -0.3 is 5.32 Å². The summed E-state index contributed by atoms with van der Waals surface area (Å²) in [7, 11) is -4.03. The summed E-state index contributed by atoms with van der Waals surface area (Å²) in [6.07, 6.45) is 0.132. The minimum atomic E-state index is -4.03. The lowest BCUT2D eigenvalue weighted by Gasteiger charge is -2.25. The normalized spacial score (nSPS) is 19.3. The van der Waals surface area contributed by atoms with Crippen LogP contribution in [-0.2, 0) is 24.4 Å². The highest BCUT2D eigenvalue weighted by Gasteiger charge is 2.35. The molecule has 9 heteroatoms. The zero-order valence-corrected chi connectivity index (χ0v) is 15.3. The van der Waals surface area contributed by atoms with E-state index in [4.69, 9.17) is 0 Å². The second-order valence-electron chi connectivity index (χ2n) is 6.57. The number of carbonyl (C=O) groups excluding carboxylic acids is 3. The number of rotatable bonds is 7. The fraction of sp³-hybridized carbons (Fsp3) is 0.471. The van der Waals surface area contributed by atoms with Crippen LogP contribution in [0.2, 0.25) is 0 Å². The predicted molar refractivity (Wildman–Crippen MR) is 91.1 cm³/mol. The lowest BCUT2D eigenvalue weighted by molar-refractivity contribution is -0.143. The number of Topliss-reactive ketones (excluding diaryl/α,β-unsaturated/α-hetero) is 2. The minimum Gasteiger partial charge on any atom is -0.349 e. The molecule has 1 aromatic rings. The van der Waals surface area contributed by atoms with Gasteiger partial charge in [0.1, 0.15) is 5.82 Å². The molecule has 2 unspecified atom stereocenters. The van der Waals surface area contributed by atoms with E-state index in [2.05, 4.69) is 10.0 Å². The van der Waals surface area contributed by atoms with E-state index in [0.29, 0.717) is 13.0 Å². The Bertz CT molecular complexity index is 805. The number of benzene rings is 1. The van der Waals surface area contributed by atoms with Crippen LogP contribution in [0.4, 0.5) is 4.39 Å². The van der Waals surface area contributed by atoms with Gasteiger partial charge in [0.05, 0.1) is 10.9 Å². The highest BCUT2D eigenvalue weighted by molar-refractivity contribution is 7.89. The predicted octanol–water partition coefficient (Wildman–Crippen LogP) is 0.793. The van der Waals surface area contributed by atoms with Crippen LogP contribution < -0.4 is 10.0 Å². The van der Waals surface area contributed by atoms with Crippen molar-refractivity contribution >= 4 is 27.5 Å². The average Bonchev–Trinajstić information content (AvgIpc) is 2.57. The molecule has 0 aromatic heterocycles. The van der Waals surface area contributed by atoms with Crippen molar-refractivity contribution in [1.82, 2.24) is 10.0 Å². The van der Waals surface area contributed by atoms with Crippen LogP contribution in [0.5, 0.6) is 0 Å². The molecule has 1 aromatic carbocycles. The van der Waals surface area contributed by atoms with Gasteiger partial charge in [-0.3, -0.25) is 14.4 Å². The molecule has 0 spiro atoms. The van der Waals surface area contributed by atoms with Crippen molar-refractivity contribution in [1.29, 1.82) is 0 Å². The first kappa shape index (κ1) is 20.2. The quantitative estimate of drug-likeness (QED) is 0.676. The van der Waals surface area contributed by atoms with Crippen LogP contribution in [0.1, 0.15) is 26.7 Å². The second-order valence-corrected chi connectivity index (χ2v) is 8.29. The molecule has 2 atom stereocenters. The fourth-order valence-corrected chi connectivity index (χ4v) is 4.12. The first-order chi connectivity index (χ1) is 12.1. The Balaban J connectivity index is 2.15. The first-order valence-electron chi connectivity index (χ1n) is 8.24. The van der Waals surface area contributed by atoms with Gasteiger partial charge in [0.25, 0.3) is 5.91 Å². The molecule has 2 N–H and O–H groups in total. The Hall–Kier alpha value is -2.13. The molecular weight excluding hydrogens is 363 g/mol. The van der Waals surface area contributed by atoms with Crippen LogP contribution in [0.25, 0.3) is 0 Å². The van der Waals surface area contributed by atoms with E-state index in [0.717, 1.165) is 24.3 Å². The van der Waals surface area contributed by atoms with Crippen molar-refractivity contribution in [2.24, 2.45) is 11.8 Å². The van der Waals surface area contributed by atoms with Gasteiger partial charge in [-0.25, -0.2) is 17.5 Å². The van der Waals surface area contributed by atoms with Crippen molar-refractivity contribution < 1.29 is 27.2 Å². The summed E-state index contributed by atoms with van der Waals surface area (Å²) in [5.74, 6) is -3.53. The van der Waals surface area contributed by atoms with E-state index in [1.54, 1.807) is 13.8 Å². The number of hydrogen-bond acceptors (Lipinski definition) is 5. The number of halogens is 1. The first-order valence-corrected chi connectivity index (χ1v) is 9.73. The van der Waals surface area contributed by atoms with Crippen molar-refractivity contribution in [3.8, 4) is 0 Å². The van der Waals surface area contributed by atoms with Crippen molar-refractivity contribution in [3.63, 3.8) is 0 Å². The summed E-state index contributed by atoms with van der Waals surface area (Å²) in [5, 5.41) is 2.41. The highest BCUT2D eigenvalue weighted by atomic mass is 32.2. The molecule has 1 saturated heterocycles. The molecule has 7 nitrogen and oxygen atoms in total. The van der Waals surface area contributed by atoms with Gasteiger partial charge in [0.2, 0.25) is 15.8 Å². The SMILES string of the molecule is CC(C)C(NS(=O)(=O)c1ccc(F)cc1)C(=O)CC1CCNC(=O)C1=O. The fourth-order valence-electron chi connectivity index (χ4n) is 2.75. The van der Waals surface area contributed by atoms with E-state index in [-0.39, 0.29) is 17.2 Å². The van der Waals surface area contributed by atoms with Gasteiger partial charge in [0, 0.05) is 18.9 Å². The molecule has 0 radical (unpaired) electrons. The van der Waals surface area contributed by atoms with E-state index in [1.807, 2.05) is 0 Å². The number of amides is 1. The maximum Gasteiger partial charge on any atom is 0.287 e. The molecule has 0 bridgehead atoms. The van der Waals surface area contributed by atoms with Gasteiger partial charge >= 0.3 is 0 Å². The molecule has 26 heavy (non-hydrogen) atoms. The summed E-state index contributed by atoms with van der Waals surface area (Å²) in [6, 6.07) is 3.19. The van der Waals surface area contributed by atoms with Gasteiger partial charge in [-0.05, 0) is 36.6 Å². The molecule has 1 amide bonds. The Morgan fingerprint density at radius 1 is 1.27 bits per heavy atom. The Morgan fingerprint density at radius 3 is 2.46 bits per heavy atom. The molecule has 0 aliphatic carbocycles. The minimum absolute atomic E-state index is 0.162. The second kappa shape index (κ2) is 8.05. The average molecular weight is 384 g/mol. The molecule has 2 rings (SSSR count). The number of nitrogens with one attached hydrogen (secondary N) is 2. The Morgan fingerprint density at radius 2 is 1.88 bits per heavy atom. The summed E-state index contributed by atoms with van der Waals surface area (Å²) >= 11 is 0. The van der Waals surface area contributed by atoms with Crippen molar-refractivity contribution in [2.75, 3.05) is 6.54 Å². The zero-order valence-electron chi connectivity index (χ0n) is 14.5. The van der Waals surface area contributed by atoms with Crippen LogP contribution in [-0.4, -0.2) is 38.5 Å². The number of piperidine rings is 1. The molecule has 1 aliphatic rings. The molecule has 1 aliphatic heterocycles. The molecule has 1 heterocycles. The van der Waals surface area contributed by atoms with Crippen molar-refractivity contribution in [3.05, 3.63) is 30.1 Å². The number of ketones is 2. The maximum atomic E-state index is 13.0. The van der Waals surface area contributed by atoms with E-state index in [9.17, 15) is 27.2 Å².